The van der Waals surface area contributed by atoms with E-state index in [1.807, 2.05) is 6.92 Å². The first-order valence-corrected chi connectivity index (χ1v) is 10.3. The molecule has 1 aromatic rings. The summed E-state index contributed by atoms with van der Waals surface area (Å²) in [7, 11) is 0. The number of nitrogens with zero attached hydrogens (tertiary/aromatic N) is 4. The Kier molecular flexibility index (Phi) is 6.56. The molecule has 0 bridgehead atoms. The molecule has 1 aromatic heterocycles. The van der Waals surface area contributed by atoms with Gasteiger partial charge in [0, 0.05) is 17.8 Å². The third-order valence-electron chi connectivity index (χ3n) is 5.36. The van der Waals surface area contributed by atoms with E-state index < -0.39 is 11.8 Å². The highest BCUT2D eigenvalue weighted by Gasteiger charge is 2.27. The molecular formula is C20H28N6O3. The average molecular weight is 400 g/mol. The minimum Gasteiger partial charge on any atom is -0.345 e. The molecule has 1 fully saturated rings. The van der Waals surface area contributed by atoms with Gasteiger partial charge in [-0.2, -0.15) is 14.8 Å². The second kappa shape index (κ2) is 9.11. The molecule has 2 N–H and O–H groups in total. The molecule has 0 saturated heterocycles. The molecule has 0 spiro atoms. The minimum absolute atomic E-state index is 0.0287. The van der Waals surface area contributed by atoms with Crippen molar-refractivity contribution in [1.82, 2.24) is 15.1 Å². The Morgan fingerprint density at radius 1 is 1.10 bits per heavy atom. The molecule has 0 aromatic carbocycles. The zero-order valence-corrected chi connectivity index (χ0v) is 17.2. The van der Waals surface area contributed by atoms with Gasteiger partial charge in [-0.1, -0.05) is 32.6 Å². The molecule has 1 unspecified atom stereocenters. The minimum atomic E-state index is -0.773. The van der Waals surface area contributed by atoms with Crippen LogP contribution in [0.2, 0.25) is 0 Å². The molecule has 9 nitrogen and oxygen atoms in total. The van der Waals surface area contributed by atoms with Gasteiger partial charge < -0.3 is 10.6 Å². The third kappa shape index (κ3) is 4.96. The lowest BCUT2D eigenvalue weighted by atomic mass is 10.00. The molecule has 3 amide bonds. The molecule has 1 aliphatic heterocycles. The molecule has 29 heavy (non-hydrogen) atoms. The largest absolute Gasteiger partial charge is 0.345 e. The molecule has 2 aliphatic rings. The second-order valence-corrected chi connectivity index (χ2v) is 7.66. The first-order chi connectivity index (χ1) is 13.9. The molecule has 2 heterocycles. The number of aryl methyl sites for hydroxylation is 1. The van der Waals surface area contributed by atoms with Crippen molar-refractivity contribution in [2.75, 3.05) is 5.32 Å². The zero-order valence-electron chi connectivity index (χ0n) is 17.2. The van der Waals surface area contributed by atoms with Crippen LogP contribution in [-0.4, -0.2) is 45.2 Å². The van der Waals surface area contributed by atoms with Crippen molar-refractivity contribution in [2.45, 2.75) is 71.8 Å². The summed E-state index contributed by atoms with van der Waals surface area (Å²) in [4.78, 5) is 45.4. The highest BCUT2D eigenvalue weighted by Crippen LogP contribution is 2.19. The first-order valence-electron chi connectivity index (χ1n) is 10.3. The molecule has 0 radical (unpaired) electrons. The van der Waals surface area contributed by atoms with Gasteiger partial charge in [0.05, 0.1) is 11.6 Å². The van der Waals surface area contributed by atoms with Gasteiger partial charge in [0.25, 0.3) is 11.9 Å². The number of aliphatic imine (C=N–C) groups is 2. The van der Waals surface area contributed by atoms with E-state index in [2.05, 4.69) is 25.7 Å². The Labute approximate surface area is 170 Å². The van der Waals surface area contributed by atoms with Crippen LogP contribution < -0.4 is 10.6 Å². The van der Waals surface area contributed by atoms with Gasteiger partial charge in [0.15, 0.2) is 0 Å². The summed E-state index contributed by atoms with van der Waals surface area (Å²) in [5.74, 6) is -1.73. The van der Waals surface area contributed by atoms with Crippen LogP contribution in [0.25, 0.3) is 0 Å². The normalized spacial score (nSPS) is 20.5. The van der Waals surface area contributed by atoms with Crippen LogP contribution in [0.15, 0.2) is 16.1 Å². The van der Waals surface area contributed by atoms with Crippen LogP contribution in [0.5, 0.6) is 0 Å². The Bertz CT molecular complexity index is 862. The summed E-state index contributed by atoms with van der Waals surface area (Å²) in [6.07, 6.45) is 6.84. The molecular weight excluding hydrogens is 372 g/mol. The maximum Gasteiger partial charge on any atom is 0.314 e. The Morgan fingerprint density at radius 2 is 1.79 bits per heavy atom. The topological polar surface area (TPSA) is 118 Å². The molecule has 1 atom stereocenters. The van der Waals surface area contributed by atoms with Gasteiger partial charge in [0.1, 0.15) is 5.82 Å². The van der Waals surface area contributed by atoms with Gasteiger partial charge in [0.2, 0.25) is 0 Å². The number of hydrogen-bond donors (Lipinski definition) is 2. The summed E-state index contributed by atoms with van der Waals surface area (Å²) in [6, 6.07) is 1.64. The fraction of sp³-hybridized carbons (Fsp3) is 0.600. The third-order valence-corrected chi connectivity index (χ3v) is 5.36. The van der Waals surface area contributed by atoms with Gasteiger partial charge in [-0.15, -0.1) is 0 Å². The van der Waals surface area contributed by atoms with Crippen LogP contribution in [0, 0.1) is 12.8 Å². The van der Waals surface area contributed by atoms with Gasteiger partial charge in [-0.25, -0.2) is 4.99 Å². The molecule has 156 valence electrons. The van der Waals surface area contributed by atoms with Gasteiger partial charge in [-0.05, 0) is 33.1 Å². The number of aromatic nitrogens is 2. The average Bonchev–Trinajstić information content (AvgIpc) is 2.86. The van der Waals surface area contributed by atoms with Crippen molar-refractivity contribution in [1.29, 1.82) is 0 Å². The Hall–Kier alpha value is -2.84. The van der Waals surface area contributed by atoms with Crippen LogP contribution in [-0.2, 0) is 14.4 Å². The second-order valence-electron chi connectivity index (χ2n) is 7.66. The van der Waals surface area contributed by atoms with Crippen LogP contribution in [0.1, 0.15) is 64.5 Å². The molecule has 1 aliphatic carbocycles. The standard InChI is InChI=1S/C20H28N6O3/c1-4-15-13(3)21-20(24-17(15)27)26-16(11-12(2)25-26)23-19(29)18(28)22-14-9-7-5-6-8-10-14/h11,14-15H,4-10H2,1-3H3,(H,22,28)(H,23,29). The van der Waals surface area contributed by atoms with Crippen LogP contribution >= 0.6 is 0 Å². The molecule has 3 rings (SSSR count). The summed E-state index contributed by atoms with van der Waals surface area (Å²) in [6.45, 7) is 5.42. The van der Waals surface area contributed by atoms with E-state index in [0.29, 0.717) is 17.8 Å². The van der Waals surface area contributed by atoms with E-state index in [4.69, 9.17) is 0 Å². The number of rotatable bonds is 3. The lowest BCUT2D eigenvalue weighted by Gasteiger charge is -2.18. The van der Waals surface area contributed by atoms with E-state index in [1.165, 1.54) is 4.68 Å². The lowest BCUT2D eigenvalue weighted by molar-refractivity contribution is -0.136. The van der Waals surface area contributed by atoms with E-state index in [1.54, 1.807) is 19.9 Å². The highest BCUT2D eigenvalue weighted by atomic mass is 16.2. The van der Waals surface area contributed by atoms with Crippen molar-refractivity contribution < 1.29 is 14.4 Å². The highest BCUT2D eigenvalue weighted by molar-refractivity contribution is 6.39. The van der Waals surface area contributed by atoms with Crippen molar-refractivity contribution in [2.24, 2.45) is 15.9 Å². The SMILES string of the molecule is CCC1C(=O)N=C(n2nc(C)cc2NC(=O)C(=O)NC2CCCCCC2)N=C1C. The van der Waals surface area contributed by atoms with Crippen molar-refractivity contribution in [3.05, 3.63) is 11.8 Å². The maximum absolute atomic E-state index is 12.4. The fourth-order valence-electron chi connectivity index (χ4n) is 3.77. The molecule has 1 saturated carbocycles. The summed E-state index contributed by atoms with van der Waals surface area (Å²) in [5.41, 5.74) is 1.25. The first kappa shape index (κ1) is 20.9. The Morgan fingerprint density at radius 3 is 2.41 bits per heavy atom. The summed E-state index contributed by atoms with van der Waals surface area (Å²) in [5, 5.41) is 9.67. The number of hydrogen-bond acceptors (Lipinski definition) is 5. The Balaban J connectivity index is 1.73. The monoisotopic (exact) mass is 400 g/mol. The lowest BCUT2D eigenvalue weighted by Crippen LogP contribution is -2.42. The number of carbonyl (C=O) groups excluding carboxylic acids is 3. The zero-order chi connectivity index (χ0) is 21.0. The predicted molar refractivity (Wildman–Crippen MR) is 110 cm³/mol. The van der Waals surface area contributed by atoms with E-state index in [-0.39, 0.29) is 29.6 Å². The van der Waals surface area contributed by atoms with Gasteiger partial charge >= 0.3 is 11.8 Å². The van der Waals surface area contributed by atoms with Crippen molar-refractivity contribution in [3.63, 3.8) is 0 Å². The van der Waals surface area contributed by atoms with E-state index in [0.717, 1.165) is 38.5 Å². The predicted octanol–water partition coefficient (Wildman–Crippen LogP) is 2.20. The van der Waals surface area contributed by atoms with Gasteiger partial charge in [-0.3, -0.25) is 14.4 Å². The smallest absolute Gasteiger partial charge is 0.314 e. The molecule has 9 heteroatoms. The van der Waals surface area contributed by atoms with Crippen molar-refractivity contribution in [3.8, 4) is 0 Å². The number of nitrogens with one attached hydrogen (secondary N) is 2. The van der Waals surface area contributed by atoms with E-state index in [9.17, 15) is 14.4 Å². The quantitative estimate of drug-likeness (QED) is 0.597. The van der Waals surface area contributed by atoms with Crippen LogP contribution in [0.4, 0.5) is 5.82 Å². The number of amides is 3. The fourth-order valence-corrected chi connectivity index (χ4v) is 3.77. The maximum atomic E-state index is 12.4. The summed E-state index contributed by atoms with van der Waals surface area (Å²) < 4.78 is 1.29. The number of carbonyl (C=O) groups is 3. The van der Waals surface area contributed by atoms with E-state index >= 15 is 0 Å². The summed E-state index contributed by atoms with van der Waals surface area (Å²) >= 11 is 0. The van der Waals surface area contributed by atoms with Crippen molar-refractivity contribution >= 4 is 35.2 Å². The number of anilines is 1. The van der Waals surface area contributed by atoms with Crippen LogP contribution in [0.3, 0.4) is 0 Å².